The van der Waals surface area contributed by atoms with E-state index in [0.29, 0.717) is 17.5 Å². The van der Waals surface area contributed by atoms with Crippen molar-refractivity contribution in [1.82, 2.24) is 4.98 Å². The number of halogens is 2. The smallest absolute Gasteiger partial charge is 0.128 e. The molecule has 1 rings (SSSR count). The van der Waals surface area contributed by atoms with E-state index in [0.717, 1.165) is 17.9 Å². The number of methoxy groups -OCH3 is 1. The molecule has 84 valence electrons. The molecule has 0 fully saturated rings. The highest BCUT2D eigenvalue weighted by molar-refractivity contribution is 6.32. The van der Waals surface area contributed by atoms with Gasteiger partial charge in [-0.15, -0.1) is 11.6 Å². The molecule has 1 heterocycles. The molecule has 3 nitrogen and oxygen atoms in total. The minimum Gasteiger partial charge on any atom is -0.383 e. The summed E-state index contributed by atoms with van der Waals surface area (Å²) in [6.45, 7) is 1.45. The van der Waals surface area contributed by atoms with E-state index in [1.165, 1.54) is 0 Å². The van der Waals surface area contributed by atoms with Crippen LogP contribution in [0.4, 0.5) is 5.82 Å². The van der Waals surface area contributed by atoms with Gasteiger partial charge in [-0.3, -0.25) is 0 Å². The second-order valence-corrected chi connectivity index (χ2v) is 3.86. The number of hydrogen-bond donors (Lipinski definition) is 0. The average Bonchev–Trinajstić information content (AvgIpc) is 2.26. The number of alkyl halides is 1. The van der Waals surface area contributed by atoms with Crippen molar-refractivity contribution in [1.29, 1.82) is 0 Å². The van der Waals surface area contributed by atoms with Gasteiger partial charge in [-0.2, -0.15) is 0 Å². The summed E-state index contributed by atoms with van der Waals surface area (Å²) in [7, 11) is 3.63. The molecule has 0 bridgehead atoms. The standard InChI is InChI=1S/C10H14Cl2N2O/c1-14(3-4-15-2)10-5-8(6-11)9(12)7-13-10/h5,7H,3-4,6H2,1-2H3. The monoisotopic (exact) mass is 248 g/mol. The van der Waals surface area contributed by atoms with Crippen LogP contribution in [0.3, 0.4) is 0 Å². The minimum atomic E-state index is 0.395. The van der Waals surface area contributed by atoms with E-state index in [-0.39, 0.29) is 0 Å². The molecule has 1 aromatic rings. The lowest BCUT2D eigenvalue weighted by molar-refractivity contribution is 0.206. The third kappa shape index (κ3) is 3.52. The molecule has 0 unspecified atom stereocenters. The summed E-state index contributed by atoms with van der Waals surface area (Å²) >= 11 is 11.7. The van der Waals surface area contributed by atoms with Crippen molar-refractivity contribution < 1.29 is 4.74 Å². The average molecular weight is 249 g/mol. The molecule has 0 radical (unpaired) electrons. The first-order chi connectivity index (χ1) is 7.19. The molecule has 0 aliphatic carbocycles. The predicted octanol–water partition coefficient (Wildman–Crippen LogP) is 2.56. The molecule has 0 N–H and O–H groups in total. The third-order valence-electron chi connectivity index (χ3n) is 2.09. The first kappa shape index (κ1) is 12.6. The Labute approximate surface area is 100.0 Å². The Bertz CT molecular complexity index is 320. The highest BCUT2D eigenvalue weighted by Gasteiger charge is 2.06. The summed E-state index contributed by atoms with van der Waals surface area (Å²) in [5.74, 6) is 1.25. The van der Waals surface area contributed by atoms with Gasteiger partial charge in [0, 0.05) is 32.8 Å². The summed E-state index contributed by atoms with van der Waals surface area (Å²) in [5.41, 5.74) is 0.896. The van der Waals surface area contributed by atoms with Gasteiger partial charge < -0.3 is 9.64 Å². The largest absolute Gasteiger partial charge is 0.383 e. The van der Waals surface area contributed by atoms with Crippen molar-refractivity contribution in [3.63, 3.8) is 0 Å². The number of nitrogens with zero attached hydrogens (tertiary/aromatic N) is 2. The summed E-state index contributed by atoms with van der Waals surface area (Å²) in [6, 6.07) is 1.89. The van der Waals surface area contributed by atoms with Gasteiger partial charge in [0.05, 0.1) is 11.6 Å². The van der Waals surface area contributed by atoms with Crippen molar-refractivity contribution in [2.24, 2.45) is 0 Å². The zero-order chi connectivity index (χ0) is 11.3. The van der Waals surface area contributed by atoms with Crippen molar-refractivity contribution in [2.45, 2.75) is 5.88 Å². The first-order valence-electron chi connectivity index (χ1n) is 4.59. The van der Waals surface area contributed by atoms with Gasteiger partial charge in [0.15, 0.2) is 0 Å². The van der Waals surface area contributed by atoms with Crippen LogP contribution in [0, 0.1) is 0 Å². The summed E-state index contributed by atoms with van der Waals surface area (Å²) in [5, 5.41) is 0.605. The fourth-order valence-corrected chi connectivity index (χ4v) is 1.58. The quantitative estimate of drug-likeness (QED) is 0.750. The van der Waals surface area contributed by atoms with Crippen molar-refractivity contribution in [2.75, 3.05) is 32.2 Å². The highest BCUT2D eigenvalue weighted by Crippen LogP contribution is 2.21. The highest BCUT2D eigenvalue weighted by atomic mass is 35.5. The maximum Gasteiger partial charge on any atom is 0.128 e. The Hall–Kier alpha value is -0.510. The van der Waals surface area contributed by atoms with Crippen LogP contribution >= 0.6 is 23.2 Å². The van der Waals surface area contributed by atoms with Crippen molar-refractivity contribution in [3.8, 4) is 0 Å². The van der Waals surface area contributed by atoms with E-state index < -0.39 is 0 Å². The molecule has 0 atom stereocenters. The van der Waals surface area contributed by atoms with E-state index in [4.69, 9.17) is 27.9 Å². The Balaban J connectivity index is 2.76. The van der Waals surface area contributed by atoms with Gasteiger partial charge in [0.1, 0.15) is 5.82 Å². The van der Waals surface area contributed by atoms with Gasteiger partial charge >= 0.3 is 0 Å². The maximum atomic E-state index is 5.92. The molecule has 5 heteroatoms. The predicted molar refractivity (Wildman–Crippen MR) is 64.0 cm³/mol. The summed E-state index contributed by atoms with van der Waals surface area (Å²) in [4.78, 5) is 6.22. The number of aromatic nitrogens is 1. The van der Waals surface area contributed by atoms with Crippen LogP contribution in [0.25, 0.3) is 0 Å². The SMILES string of the molecule is COCCN(C)c1cc(CCl)c(Cl)cn1. The lowest BCUT2D eigenvalue weighted by Gasteiger charge is -2.18. The molecule has 0 saturated carbocycles. The van der Waals surface area contributed by atoms with E-state index in [2.05, 4.69) is 4.98 Å². The van der Waals surface area contributed by atoms with Crippen LogP contribution in [0.2, 0.25) is 5.02 Å². The summed E-state index contributed by atoms with van der Waals surface area (Å²) < 4.78 is 4.99. The number of anilines is 1. The van der Waals surface area contributed by atoms with E-state index >= 15 is 0 Å². The zero-order valence-electron chi connectivity index (χ0n) is 8.83. The summed E-state index contributed by atoms with van der Waals surface area (Å²) in [6.07, 6.45) is 1.62. The fourth-order valence-electron chi connectivity index (χ4n) is 1.12. The molecule has 0 aliphatic rings. The fraction of sp³-hybridized carbons (Fsp3) is 0.500. The molecule has 1 aromatic heterocycles. The Morgan fingerprint density at radius 2 is 2.27 bits per heavy atom. The molecule has 0 amide bonds. The van der Waals surface area contributed by atoms with E-state index in [1.54, 1.807) is 13.3 Å². The van der Waals surface area contributed by atoms with Gasteiger partial charge in [-0.05, 0) is 11.6 Å². The molecule has 0 spiro atoms. The number of ether oxygens (including phenoxy) is 1. The third-order valence-corrected chi connectivity index (χ3v) is 2.71. The van der Waals surface area contributed by atoms with Crippen LogP contribution < -0.4 is 4.90 Å². The Morgan fingerprint density at radius 3 is 2.87 bits per heavy atom. The van der Waals surface area contributed by atoms with Gasteiger partial charge in [-0.25, -0.2) is 4.98 Å². The van der Waals surface area contributed by atoms with Gasteiger partial charge in [0.25, 0.3) is 0 Å². The molecule has 0 aliphatic heterocycles. The second kappa shape index (κ2) is 6.16. The molecule has 0 aromatic carbocycles. The van der Waals surface area contributed by atoms with Crippen LogP contribution in [0.5, 0.6) is 0 Å². The molecule has 0 saturated heterocycles. The van der Waals surface area contributed by atoms with Crippen LogP contribution in [0.15, 0.2) is 12.3 Å². The lowest BCUT2D eigenvalue weighted by atomic mass is 10.3. The number of rotatable bonds is 5. The molecule has 15 heavy (non-hydrogen) atoms. The van der Waals surface area contributed by atoms with Crippen LogP contribution in [0.1, 0.15) is 5.56 Å². The first-order valence-corrected chi connectivity index (χ1v) is 5.50. The topological polar surface area (TPSA) is 25.4 Å². The van der Waals surface area contributed by atoms with Gasteiger partial charge in [-0.1, -0.05) is 11.6 Å². The van der Waals surface area contributed by atoms with Crippen molar-refractivity contribution in [3.05, 3.63) is 22.8 Å². The normalized spacial score (nSPS) is 10.4. The van der Waals surface area contributed by atoms with Gasteiger partial charge in [0.2, 0.25) is 0 Å². The molecular weight excluding hydrogens is 235 g/mol. The number of pyridine rings is 1. The minimum absolute atomic E-state index is 0.395. The number of likely N-dealkylation sites (N-methyl/N-ethyl adjacent to an activating group) is 1. The van der Waals surface area contributed by atoms with E-state index in [1.807, 2.05) is 18.0 Å². The Kier molecular flexibility index (Phi) is 5.15. The number of hydrogen-bond acceptors (Lipinski definition) is 3. The van der Waals surface area contributed by atoms with Crippen molar-refractivity contribution >= 4 is 29.0 Å². The second-order valence-electron chi connectivity index (χ2n) is 3.18. The molecular formula is C10H14Cl2N2O. The van der Waals surface area contributed by atoms with E-state index in [9.17, 15) is 0 Å². The Morgan fingerprint density at radius 1 is 1.53 bits per heavy atom. The zero-order valence-corrected chi connectivity index (χ0v) is 10.3. The van der Waals surface area contributed by atoms with Crippen LogP contribution in [-0.4, -0.2) is 32.3 Å². The maximum absolute atomic E-state index is 5.92. The lowest BCUT2D eigenvalue weighted by Crippen LogP contribution is -2.23. The van der Waals surface area contributed by atoms with Crippen LogP contribution in [-0.2, 0) is 10.6 Å².